The fourth-order valence-electron chi connectivity index (χ4n) is 3.88. The van der Waals surface area contributed by atoms with Crippen LogP contribution < -0.4 is 16.0 Å². The number of allylic oxidation sites excluding steroid dienone is 3. The van der Waals surface area contributed by atoms with Gasteiger partial charge in [-0.25, -0.2) is 12.7 Å². The second-order valence-electron chi connectivity index (χ2n) is 8.94. The molecule has 1 fully saturated rings. The Morgan fingerprint density at radius 3 is 2.58 bits per heavy atom. The molecule has 10 heteroatoms. The van der Waals surface area contributed by atoms with Gasteiger partial charge in [0.2, 0.25) is 10.0 Å². The molecule has 0 aromatic rings. The van der Waals surface area contributed by atoms with E-state index in [0.29, 0.717) is 44.6 Å². The van der Waals surface area contributed by atoms with Crippen molar-refractivity contribution in [3.63, 3.8) is 0 Å². The summed E-state index contributed by atoms with van der Waals surface area (Å²) >= 11 is 0. The summed E-state index contributed by atoms with van der Waals surface area (Å²) in [6.07, 6.45) is 25.7. The molecule has 1 amide bonds. The van der Waals surface area contributed by atoms with Crippen LogP contribution in [-0.4, -0.2) is 75.8 Å². The number of rotatable bonds is 12. The molecule has 0 aliphatic carbocycles. The number of nitrogens with zero attached hydrogens (tertiary/aromatic N) is 2. The molecule has 0 spiro atoms. The van der Waals surface area contributed by atoms with E-state index in [1.165, 1.54) is 10.6 Å². The summed E-state index contributed by atoms with van der Waals surface area (Å²) in [6.45, 7) is 8.45. The summed E-state index contributed by atoms with van der Waals surface area (Å²) in [4.78, 5) is 25.2. The number of amides is 1. The topological polar surface area (TPSA) is 111 Å². The Bertz CT molecular complexity index is 1090. The van der Waals surface area contributed by atoms with Gasteiger partial charge in [0, 0.05) is 56.2 Å². The Hall–Kier alpha value is -3.39. The number of hydrogen-bond acceptors (Lipinski definition) is 7. The predicted molar refractivity (Wildman–Crippen MR) is 154 cm³/mol. The quantitative estimate of drug-likeness (QED) is 0.150. The molecule has 0 radical (unpaired) electrons. The number of hydrogen-bond donors (Lipinski definition) is 3. The van der Waals surface area contributed by atoms with Gasteiger partial charge in [-0.1, -0.05) is 49.5 Å². The maximum Gasteiger partial charge on any atom is 0.253 e. The molecule has 3 N–H and O–H groups in total. The van der Waals surface area contributed by atoms with E-state index in [-0.39, 0.29) is 11.3 Å². The van der Waals surface area contributed by atoms with Crippen molar-refractivity contribution < 1.29 is 18.0 Å². The molecule has 38 heavy (non-hydrogen) atoms. The van der Waals surface area contributed by atoms with Crippen LogP contribution in [0, 0.1) is 17.9 Å². The molecule has 0 aromatic carbocycles. The van der Waals surface area contributed by atoms with E-state index in [1.807, 2.05) is 43.2 Å². The molecule has 0 atom stereocenters. The van der Waals surface area contributed by atoms with E-state index in [0.717, 1.165) is 24.8 Å². The van der Waals surface area contributed by atoms with Crippen molar-refractivity contribution in [2.24, 2.45) is 5.41 Å². The molecule has 208 valence electrons. The highest BCUT2D eigenvalue weighted by molar-refractivity contribution is 7.88. The Kier molecular flexibility index (Phi) is 14.8. The molecule has 2 aliphatic heterocycles. The third-order valence-corrected chi connectivity index (χ3v) is 7.39. The monoisotopic (exact) mass is 543 g/mol. The maximum absolute atomic E-state index is 12.2. The molecule has 0 bridgehead atoms. The van der Waals surface area contributed by atoms with Crippen molar-refractivity contribution in [3.8, 4) is 12.5 Å². The third kappa shape index (κ3) is 11.8. The number of piperidine rings is 1. The van der Waals surface area contributed by atoms with E-state index < -0.39 is 10.0 Å². The van der Waals surface area contributed by atoms with Crippen molar-refractivity contribution in [1.82, 2.24) is 25.2 Å². The molecule has 2 rings (SSSR count). The smallest absolute Gasteiger partial charge is 0.253 e. The third-order valence-electron chi connectivity index (χ3n) is 6.09. The lowest BCUT2D eigenvalue weighted by atomic mass is 9.77. The first kappa shape index (κ1) is 32.6. The van der Waals surface area contributed by atoms with E-state index >= 15 is 0 Å². The van der Waals surface area contributed by atoms with Crippen molar-refractivity contribution in [2.75, 3.05) is 46.0 Å². The largest absolute Gasteiger partial charge is 0.348 e. The van der Waals surface area contributed by atoms with Gasteiger partial charge >= 0.3 is 0 Å². The van der Waals surface area contributed by atoms with E-state index in [4.69, 9.17) is 6.42 Å². The van der Waals surface area contributed by atoms with Crippen molar-refractivity contribution in [1.29, 1.82) is 0 Å². The van der Waals surface area contributed by atoms with Gasteiger partial charge in [-0.3, -0.25) is 4.79 Å². The lowest BCUT2D eigenvalue weighted by Crippen LogP contribution is -2.44. The predicted octanol–water partition coefficient (Wildman–Crippen LogP) is 2.03. The fraction of sp³-hybridized carbons (Fsp3) is 0.429. The van der Waals surface area contributed by atoms with Crippen LogP contribution in [0.2, 0.25) is 0 Å². The molecule has 9 nitrogen and oxygen atoms in total. The van der Waals surface area contributed by atoms with Gasteiger partial charge < -0.3 is 25.6 Å². The van der Waals surface area contributed by atoms with Crippen LogP contribution in [0.25, 0.3) is 0 Å². The average molecular weight is 544 g/mol. The molecular weight excluding hydrogens is 502 g/mol. The summed E-state index contributed by atoms with van der Waals surface area (Å²) in [7, 11) is -1.25. The standard InChI is InChI=1S/C18H21N3O.C10H20N2O3S/c1-4-8-16(9-5-2)14-20-18(22)17-10-7-12-21(15-17)13-11-19-6-3;1-11-6-3-10(9-13)4-7-12(8-5-10)16(2,14)15/h3-5,7-11,13,15,19H,1,12,14H2,2H3,(H,20,22);9,11H,3-8H2,1-2H3/b9-5-,13-11-,16-8+;. The minimum absolute atomic E-state index is 0.126. The van der Waals surface area contributed by atoms with Gasteiger partial charge in [0.1, 0.15) is 6.29 Å². The van der Waals surface area contributed by atoms with Gasteiger partial charge in [0.15, 0.2) is 0 Å². The fourth-order valence-corrected chi connectivity index (χ4v) is 4.73. The van der Waals surface area contributed by atoms with E-state index in [2.05, 4.69) is 28.6 Å². The molecule has 1 saturated heterocycles. The number of carbonyl (C=O) groups is 2. The molecule has 0 unspecified atom stereocenters. The summed E-state index contributed by atoms with van der Waals surface area (Å²) in [5.74, 6) is -0.126. The van der Waals surface area contributed by atoms with E-state index in [9.17, 15) is 18.0 Å². The Balaban J connectivity index is 0.000000399. The van der Waals surface area contributed by atoms with Gasteiger partial charge in [0.05, 0.1) is 11.8 Å². The van der Waals surface area contributed by atoms with Gasteiger partial charge in [-0.2, -0.15) is 0 Å². The maximum atomic E-state index is 12.2. The molecule has 2 heterocycles. The first-order valence-electron chi connectivity index (χ1n) is 12.4. The lowest BCUT2D eigenvalue weighted by molar-refractivity contribution is -0.118. The first-order chi connectivity index (χ1) is 18.1. The number of carbonyl (C=O) groups excluding carboxylic acids is 2. The van der Waals surface area contributed by atoms with Crippen LogP contribution in [0.3, 0.4) is 0 Å². The zero-order chi connectivity index (χ0) is 28.4. The minimum atomic E-state index is -3.10. The van der Waals surface area contributed by atoms with Crippen molar-refractivity contribution >= 4 is 22.2 Å². The SMILES string of the molecule is C#CN/C=C\N1C=C(C(=O)NCC(/C=C\C)=C/C=C)C=CC1.CNCCC1(C=O)CCN(S(C)(=O)=O)CC1. The van der Waals surface area contributed by atoms with Crippen LogP contribution >= 0.6 is 0 Å². The van der Waals surface area contributed by atoms with Gasteiger partial charge in [-0.05, 0) is 45.4 Å². The Labute approximate surface area is 228 Å². The summed E-state index contributed by atoms with van der Waals surface area (Å²) < 4.78 is 24.1. The van der Waals surface area contributed by atoms with Crippen LogP contribution in [-0.2, 0) is 19.6 Å². The average Bonchev–Trinajstić information content (AvgIpc) is 2.91. The van der Waals surface area contributed by atoms with Gasteiger partial charge in [0.25, 0.3) is 5.91 Å². The van der Waals surface area contributed by atoms with Crippen LogP contribution in [0.4, 0.5) is 0 Å². The second-order valence-corrected chi connectivity index (χ2v) is 10.9. The highest BCUT2D eigenvalue weighted by Gasteiger charge is 2.36. The number of nitrogens with one attached hydrogen (secondary N) is 3. The molecular formula is C28H41N5O4S. The van der Waals surface area contributed by atoms with Crippen molar-refractivity contribution in [2.45, 2.75) is 26.2 Å². The lowest BCUT2D eigenvalue weighted by Gasteiger charge is -2.37. The number of terminal acetylenes is 1. The number of sulfonamides is 1. The second kappa shape index (κ2) is 17.2. The summed E-state index contributed by atoms with van der Waals surface area (Å²) in [6, 6.07) is 2.30. The molecule has 0 saturated carbocycles. The summed E-state index contributed by atoms with van der Waals surface area (Å²) in [5.41, 5.74) is 1.25. The minimum Gasteiger partial charge on any atom is -0.348 e. The van der Waals surface area contributed by atoms with Crippen molar-refractivity contribution in [3.05, 3.63) is 72.8 Å². The Morgan fingerprint density at radius 1 is 1.32 bits per heavy atom. The van der Waals surface area contributed by atoms with Gasteiger partial charge in [-0.15, -0.1) is 0 Å². The zero-order valence-corrected chi connectivity index (χ0v) is 23.5. The van der Waals surface area contributed by atoms with Crippen LogP contribution in [0.1, 0.15) is 26.2 Å². The highest BCUT2D eigenvalue weighted by Crippen LogP contribution is 2.33. The molecule has 0 aromatic heterocycles. The normalized spacial score (nSPS) is 17.8. The first-order valence-corrected chi connectivity index (χ1v) is 14.3. The zero-order valence-electron chi connectivity index (χ0n) is 22.7. The van der Waals surface area contributed by atoms with E-state index in [1.54, 1.807) is 30.8 Å². The molecule has 2 aliphatic rings. The number of aldehydes is 1. The highest BCUT2D eigenvalue weighted by atomic mass is 32.2. The van der Waals surface area contributed by atoms with Crippen LogP contribution in [0.5, 0.6) is 0 Å². The Morgan fingerprint density at radius 2 is 2.03 bits per heavy atom. The van der Waals surface area contributed by atoms with Crippen LogP contribution in [0.15, 0.2) is 72.8 Å². The summed E-state index contributed by atoms with van der Waals surface area (Å²) in [5, 5.41) is 8.55.